The molecular formula is C16H19N3O. The molecule has 1 saturated carbocycles. The molecule has 1 saturated heterocycles. The van der Waals surface area contributed by atoms with E-state index in [9.17, 15) is 4.79 Å². The van der Waals surface area contributed by atoms with E-state index in [1.807, 2.05) is 24.3 Å². The number of nitriles is 1. The SMILES string of the molecule is N#Cc1ccc(N2CCCC(NC(=O)C3CC3)C2)cc1. The lowest BCUT2D eigenvalue weighted by atomic mass is 10.0. The first-order valence-corrected chi connectivity index (χ1v) is 7.32. The minimum atomic E-state index is 0.233. The van der Waals surface area contributed by atoms with Crippen molar-refractivity contribution in [2.45, 2.75) is 31.7 Å². The highest BCUT2D eigenvalue weighted by Gasteiger charge is 2.32. The number of amides is 1. The van der Waals surface area contributed by atoms with Crippen LogP contribution in [0.3, 0.4) is 0 Å². The molecule has 1 aliphatic heterocycles. The summed E-state index contributed by atoms with van der Waals surface area (Å²) < 4.78 is 0. The first-order valence-electron chi connectivity index (χ1n) is 7.32. The Morgan fingerprint density at radius 3 is 2.65 bits per heavy atom. The molecule has 1 unspecified atom stereocenters. The highest BCUT2D eigenvalue weighted by molar-refractivity contribution is 5.81. The predicted molar refractivity (Wildman–Crippen MR) is 77.3 cm³/mol. The minimum Gasteiger partial charge on any atom is -0.369 e. The van der Waals surface area contributed by atoms with Gasteiger partial charge in [0.05, 0.1) is 11.6 Å². The number of nitrogens with zero attached hydrogens (tertiary/aromatic N) is 2. The molecule has 3 rings (SSSR count). The number of hydrogen-bond donors (Lipinski definition) is 1. The van der Waals surface area contributed by atoms with E-state index in [0.717, 1.165) is 44.5 Å². The fourth-order valence-electron chi connectivity index (χ4n) is 2.74. The van der Waals surface area contributed by atoms with Gasteiger partial charge in [-0.05, 0) is 49.9 Å². The lowest BCUT2D eigenvalue weighted by Gasteiger charge is -2.34. The monoisotopic (exact) mass is 269 g/mol. The van der Waals surface area contributed by atoms with Gasteiger partial charge in [-0.3, -0.25) is 4.79 Å². The molecule has 0 aromatic heterocycles. The Morgan fingerprint density at radius 2 is 2.00 bits per heavy atom. The predicted octanol–water partition coefficient (Wildman–Crippen LogP) is 2.05. The van der Waals surface area contributed by atoms with Crippen molar-refractivity contribution in [3.05, 3.63) is 29.8 Å². The van der Waals surface area contributed by atoms with E-state index < -0.39 is 0 Å². The van der Waals surface area contributed by atoms with Crippen LogP contribution in [0.1, 0.15) is 31.2 Å². The standard InChI is InChI=1S/C16H19N3O/c17-10-12-3-7-15(8-4-12)19-9-1-2-14(11-19)18-16(20)13-5-6-13/h3-4,7-8,13-14H,1-2,5-6,9,11H2,(H,18,20). The maximum Gasteiger partial charge on any atom is 0.223 e. The number of anilines is 1. The van der Waals surface area contributed by atoms with E-state index in [1.165, 1.54) is 0 Å². The Labute approximate surface area is 119 Å². The molecule has 1 N–H and O–H groups in total. The third-order valence-electron chi connectivity index (χ3n) is 4.08. The average molecular weight is 269 g/mol. The molecule has 1 heterocycles. The molecule has 104 valence electrons. The van der Waals surface area contributed by atoms with E-state index in [0.29, 0.717) is 5.56 Å². The maximum absolute atomic E-state index is 11.8. The zero-order valence-electron chi connectivity index (χ0n) is 11.5. The van der Waals surface area contributed by atoms with Gasteiger partial charge < -0.3 is 10.2 Å². The van der Waals surface area contributed by atoms with Crippen LogP contribution in [0.2, 0.25) is 0 Å². The van der Waals surface area contributed by atoms with Crippen molar-refractivity contribution in [2.75, 3.05) is 18.0 Å². The third kappa shape index (κ3) is 2.93. The van der Waals surface area contributed by atoms with Gasteiger partial charge in [0.25, 0.3) is 0 Å². The first kappa shape index (κ1) is 13.0. The molecule has 0 bridgehead atoms. The molecule has 1 amide bonds. The Kier molecular flexibility index (Phi) is 3.60. The molecule has 1 aromatic rings. The molecule has 4 nitrogen and oxygen atoms in total. The number of rotatable bonds is 3. The van der Waals surface area contributed by atoms with Crippen LogP contribution < -0.4 is 10.2 Å². The molecule has 1 aliphatic carbocycles. The first-order chi connectivity index (χ1) is 9.76. The van der Waals surface area contributed by atoms with Gasteiger partial charge in [-0.1, -0.05) is 0 Å². The summed E-state index contributed by atoms with van der Waals surface area (Å²) in [7, 11) is 0. The van der Waals surface area contributed by atoms with Crippen molar-refractivity contribution < 1.29 is 4.79 Å². The molecule has 1 atom stereocenters. The van der Waals surface area contributed by atoms with Crippen LogP contribution in [-0.4, -0.2) is 25.0 Å². The van der Waals surface area contributed by atoms with E-state index >= 15 is 0 Å². The fourth-order valence-corrected chi connectivity index (χ4v) is 2.74. The second kappa shape index (κ2) is 5.54. The summed E-state index contributed by atoms with van der Waals surface area (Å²) in [6.07, 6.45) is 4.26. The van der Waals surface area contributed by atoms with E-state index in [1.54, 1.807) is 0 Å². The summed E-state index contributed by atoms with van der Waals surface area (Å²) in [6, 6.07) is 10.1. The number of carbonyl (C=O) groups excluding carboxylic acids is 1. The molecule has 20 heavy (non-hydrogen) atoms. The van der Waals surface area contributed by atoms with E-state index in [-0.39, 0.29) is 17.9 Å². The van der Waals surface area contributed by atoms with Crippen molar-refractivity contribution in [3.63, 3.8) is 0 Å². The molecule has 0 spiro atoms. The summed E-state index contributed by atoms with van der Waals surface area (Å²) in [4.78, 5) is 14.1. The number of hydrogen-bond acceptors (Lipinski definition) is 3. The topological polar surface area (TPSA) is 56.1 Å². The van der Waals surface area contributed by atoms with Crippen LogP contribution in [0.25, 0.3) is 0 Å². The van der Waals surface area contributed by atoms with Crippen molar-refractivity contribution in [1.82, 2.24) is 5.32 Å². The molecule has 4 heteroatoms. The van der Waals surface area contributed by atoms with Gasteiger partial charge in [0.2, 0.25) is 5.91 Å². The van der Waals surface area contributed by atoms with Gasteiger partial charge in [-0.25, -0.2) is 0 Å². The van der Waals surface area contributed by atoms with Crippen molar-refractivity contribution in [3.8, 4) is 6.07 Å². The van der Waals surface area contributed by atoms with Crippen LogP contribution in [0.15, 0.2) is 24.3 Å². The highest BCUT2D eigenvalue weighted by atomic mass is 16.2. The summed E-state index contributed by atoms with van der Waals surface area (Å²) in [6.45, 7) is 1.88. The number of carbonyl (C=O) groups is 1. The van der Waals surface area contributed by atoms with Crippen LogP contribution in [0.5, 0.6) is 0 Å². The second-order valence-electron chi connectivity index (χ2n) is 5.73. The van der Waals surface area contributed by atoms with Gasteiger partial charge in [0.1, 0.15) is 0 Å². The molecule has 0 radical (unpaired) electrons. The van der Waals surface area contributed by atoms with Crippen LogP contribution in [0.4, 0.5) is 5.69 Å². The zero-order valence-corrected chi connectivity index (χ0v) is 11.5. The Balaban J connectivity index is 1.61. The van der Waals surface area contributed by atoms with Gasteiger partial charge in [0, 0.05) is 30.7 Å². The molecule has 2 aliphatic rings. The lowest BCUT2D eigenvalue weighted by Crippen LogP contribution is -2.48. The van der Waals surface area contributed by atoms with Crippen LogP contribution in [-0.2, 0) is 4.79 Å². The summed E-state index contributed by atoms with van der Waals surface area (Å²) in [5, 5.41) is 12.0. The Morgan fingerprint density at radius 1 is 1.25 bits per heavy atom. The van der Waals surface area contributed by atoms with Crippen LogP contribution in [0, 0.1) is 17.2 Å². The minimum absolute atomic E-state index is 0.233. The van der Waals surface area contributed by atoms with Crippen molar-refractivity contribution in [1.29, 1.82) is 5.26 Å². The zero-order chi connectivity index (χ0) is 13.9. The number of piperidine rings is 1. The fraction of sp³-hybridized carbons (Fsp3) is 0.500. The Hall–Kier alpha value is -2.02. The second-order valence-corrected chi connectivity index (χ2v) is 5.73. The average Bonchev–Trinajstić information content (AvgIpc) is 3.32. The summed E-state index contributed by atoms with van der Waals surface area (Å²) in [5.74, 6) is 0.511. The molecule has 2 fully saturated rings. The van der Waals surface area contributed by atoms with E-state index in [2.05, 4.69) is 16.3 Å². The number of nitrogens with one attached hydrogen (secondary N) is 1. The molecular weight excluding hydrogens is 250 g/mol. The van der Waals surface area contributed by atoms with Gasteiger partial charge >= 0.3 is 0 Å². The summed E-state index contributed by atoms with van der Waals surface area (Å²) in [5.41, 5.74) is 1.82. The summed E-state index contributed by atoms with van der Waals surface area (Å²) >= 11 is 0. The maximum atomic E-state index is 11.8. The number of benzene rings is 1. The van der Waals surface area contributed by atoms with E-state index in [4.69, 9.17) is 5.26 Å². The van der Waals surface area contributed by atoms with Crippen molar-refractivity contribution in [2.24, 2.45) is 5.92 Å². The van der Waals surface area contributed by atoms with Gasteiger partial charge in [-0.2, -0.15) is 5.26 Å². The third-order valence-corrected chi connectivity index (χ3v) is 4.08. The largest absolute Gasteiger partial charge is 0.369 e. The van der Waals surface area contributed by atoms with Gasteiger partial charge in [0.15, 0.2) is 0 Å². The smallest absolute Gasteiger partial charge is 0.223 e. The highest BCUT2D eigenvalue weighted by Crippen LogP contribution is 2.29. The lowest BCUT2D eigenvalue weighted by molar-refractivity contribution is -0.123. The quantitative estimate of drug-likeness (QED) is 0.913. The van der Waals surface area contributed by atoms with Crippen molar-refractivity contribution >= 4 is 11.6 Å². The normalized spacial score (nSPS) is 22.1. The van der Waals surface area contributed by atoms with Gasteiger partial charge in [-0.15, -0.1) is 0 Å². The van der Waals surface area contributed by atoms with Crippen LogP contribution >= 0.6 is 0 Å². The Bertz CT molecular complexity index is 528. The molecule has 1 aromatic carbocycles.